The minimum absolute atomic E-state index is 0.630. The van der Waals surface area contributed by atoms with Crippen molar-refractivity contribution in [1.82, 2.24) is 9.78 Å². The molecular formula is C15H19N5. The normalized spacial score (nSPS) is 10.3. The zero-order chi connectivity index (χ0) is 14.7. The number of benzene rings is 1. The van der Waals surface area contributed by atoms with Crippen molar-refractivity contribution in [2.75, 3.05) is 11.1 Å². The predicted molar refractivity (Wildman–Crippen MR) is 80.8 cm³/mol. The highest BCUT2D eigenvalue weighted by Crippen LogP contribution is 2.29. The zero-order valence-electron chi connectivity index (χ0n) is 12.1. The molecule has 0 bridgehead atoms. The number of nitrogen functional groups attached to an aromatic ring is 1. The van der Waals surface area contributed by atoms with Crippen molar-refractivity contribution in [3.8, 4) is 6.07 Å². The maximum absolute atomic E-state index is 9.26. The molecule has 0 saturated carbocycles. The second-order valence-electron chi connectivity index (χ2n) is 4.82. The van der Waals surface area contributed by atoms with Crippen LogP contribution >= 0.6 is 0 Å². The van der Waals surface area contributed by atoms with Gasteiger partial charge in [-0.05, 0) is 25.0 Å². The molecule has 3 N–H and O–H groups in total. The van der Waals surface area contributed by atoms with Gasteiger partial charge >= 0.3 is 0 Å². The van der Waals surface area contributed by atoms with Crippen LogP contribution in [-0.4, -0.2) is 9.78 Å². The number of aromatic nitrogens is 2. The second kappa shape index (κ2) is 5.66. The molecule has 0 radical (unpaired) electrons. The molecule has 2 rings (SSSR count). The molecule has 0 aliphatic heterocycles. The van der Waals surface area contributed by atoms with E-state index in [0.29, 0.717) is 11.3 Å². The Bertz CT molecular complexity index is 664. The Morgan fingerprint density at radius 1 is 1.45 bits per heavy atom. The first kappa shape index (κ1) is 13.9. The molecule has 5 nitrogen and oxygen atoms in total. The van der Waals surface area contributed by atoms with E-state index >= 15 is 0 Å². The molecule has 0 aliphatic rings. The number of rotatable bonds is 4. The Kier molecular flexibility index (Phi) is 3.94. The summed E-state index contributed by atoms with van der Waals surface area (Å²) in [5.41, 5.74) is 10.0. The van der Waals surface area contributed by atoms with Crippen LogP contribution in [0.1, 0.15) is 30.2 Å². The quantitative estimate of drug-likeness (QED) is 0.894. The number of nitriles is 1. The lowest BCUT2D eigenvalue weighted by atomic mass is 10.1. The van der Waals surface area contributed by atoms with E-state index in [1.807, 2.05) is 32.2 Å². The Hall–Kier alpha value is -2.48. The summed E-state index contributed by atoms with van der Waals surface area (Å²) in [7, 11) is 1.85. The molecule has 0 saturated heterocycles. The summed E-state index contributed by atoms with van der Waals surface area (Å²) in [6.45, 7) is 4.01. The van der Waals surface area contributed by atoms with Crippen molar-refractivity contribution in [3.05, 3.63) is 35.0 Å². The average molecular weight is 269 g/mol. The van der Waals surface area contributed by atoms with E-state index in [-0.39, 0.29) is 0 Å². The van der Waals surface area contributed by atoms with Gasteiger partial charge in [0, 0.05) is 7.05 Å². The molecule has 1 heterocycles. The van der Waals surface area contributed by atoms with Gasteiger partial charge in [0.1, 0.15) is 6.07 Å². The van der Waals surface area contributed by atoms with Gasteiger partial charge in [-0.1, -0.05) is 25.5 Å². The smallest absolute Gasteiger partial charge is 0.152 e. The molecule has 0 spiro atoms. The molecule has 0 fully saturated rings. The van der Waals surface area contributed by atoms with Crippen LogP contribution in [0.15, 0.2) is 18.2 Å². The molecule has 20 heavy (non-hydrogen) atoms. The monoisotopic (exact) mass is 269 g/mol. The van der Waals surface area contributed by atoms with Crippen LogP contribution in [0.3, 0.4) is 0 Å². The van der Waals surface area contributed by atoms with Gasteiger partial charge in [0.05, 0.1) is 22.6 Å². The van der Waals surface area contributed by atoms with Crippen LogP contribution < -0.4 is 11.1 Å². The number of hydrogen-bond acceptors (Lipinski definition) is 4. The van der Waals surface area contributed by atoms with Gasteiger partial charge in [-0.2, -0.15) is 10.4 Å². The number of nitrogens with two attached hydrogens (primary N) is 1. The third-order valence-corrected chi connectivity index (χ3v) is 3.28. The van der Waals surface area contributed by atoms with Crippen LogP contribution in [-0.2, 0) is 13.5 Å². The standard InChI is InChI=1S/C15H19N5/c1-4-6-13-14(17)15(20(3)19-13)18-12-8-5-7-10(2)11(12)9-16/h5,7-8,18H,4,6,17H2,1-3H3. The minimum Gasteiger partial charge on any atom is -0.394 e. The van der Waals surface area contributed by atoms with E-state index < -0.39 is 0 Å². The van der Waals surface area contributed by atoms with E-state index in [1.165, 1.54) is 0 Å². The highest BCUT2D eigenvalue weighted by atomic mass is 15.3. The van der Waals surface area contributed by atoms with Gasteiger partial charge in [0.2, 0.25) is 0 Å². The second-order valence-corrected chi connectivity index (χ2v) is 4.82. The van der Waals surface area contributed by atoms with E-state index in [1.54, 1.807) is 4.68 Å². The summed E-state index contributed by atoms with van der Waals surface area (Å²) < 4.78 is 1.73. The van der Waals surface area contributed by atoms with Crippen LogP contribution in [0.2, 0.25) is 0 Å². The molecule has 1 aromatic heterocycles. The third-order valence-electron chi connectivity index (χ3n) is 3.28. The Morgan fingerprint density at radius 3 is 2.85 bits per heavy atom. The third kappa shape index (κ3) is 2.45. The van der Waals surface area contributed by atoms with Crippen molar-refractivity contribution in [1.29, 1.82) is 5.26 Å². The summed E-state index contributed by atoms with van der Waals surface area (Å²) >= 11 is 0. The van der Waals surface area contributed by atoms with Crippen molar-refractivity contribution in [3.63, 3.8) is 0 Å². The van der Waals surface area contributed by atoms with Gasteiger partial charge < -0.3 is 11.1 Å². The number of hydrogen-bond donors (Lipinski definition) is 2. The van der Waals surface area contributed by atoms with E-state index in [2.05, 4.69) is 23.4 Å². The Balaban J connectivity index is 2.41. The van der Waals surface area contributed by atoms with Gasteiger partial charge in [0.25, 0.3) is 0 Å². The summed E-state index contributed by atoms with van der Waals surface area (Å²) in [6, 6.07) is 7.92. The number of aryl methyl sites for hydroxylation is 3. The van der Waals surface area contributed by atoms with Crippen LogP contribution in [0.25, 0.3) is 0 Å². The zero-order valence-corrected chi connectivity index (χ0v) is 12.1. The van der Waals surface area contributed by atoms with Crippen molar-refractivity contribution in [2.24, 2.45) is 7.05 Å². The van der Waals surface area contributed by atoms with E-state index in [0.717, 1.165) is 35.6 Å². The lowest BCUT2D eigenvalue weighted by molar-refractivity contribution is 0.740. The van der Waals surface area contributed by atoms with E-state index in [4.69, 9.17) is 5.73 Å². The maximum Gasteiger partial charge on any atom is 0.152 e. The molecule has 2 aromatic rings. The topological polar surface area (TPSA) is 79.7 Å². The summed E-state index contributed by atoms with van der Waals surface area (Å²) in [4.78, 5) is 0. The van der Waals surface area contributed by atoms with Crippen molar-refractivity contribution in [2.45, 2.75) is 26.7 Å². The van der Waals surface area contributed by atoms with E-state index in [9.17, 15) is 5.26 Å². The van der Waals surface area contributed by atoms with Gasteiger partial charge in [0.15, 0.2) is 5.82 Å². The number of anilines is 3. The Morgan fingerprint density at radius 2 is 2.20 bits per heavy atom. The molecule has 0 amide bonds. The highest BCUT2D eigenvalue weighted by molar-refractivity contribution is 5.74. The maximum atomic E-state index is 9.26. The number of nitrogens with one attached hydrogen (secondary N) is 1. The molecule has 0 aliphatic carbocycles. The fourth-order valence-electron chi connectivity index (χ4n) is 2.21. The largest absolute Gasteiger partial charge is 0.394 e. The summed E-state index contributed by atoms with van der Waals surface area (Å²) in [5, 5.41) is 16.9. The highest BCUT2D eigenvalue weighted by Gasteiger charge is 2.14. The average Bonchev–Trinajstić information content (AvgIpc) is 2.67. The first-order valence-electron chi connectivity index (χ1n) is 6.66. The Labute approximate surface area is 119 Å². The molecule has 1 aromatic carbocycles. The summed E-state index contributed by atoms with van der Waals surface area (Å²) in [6.07, 6.45) is 1.84. The minimum atomic E-state index is 0.630. The van der Waals surface area contributed by atoms with Gasteiger partial charge in [-0.15, -0.1) is 0 Å². The number of nitrogens with zero attached hydrogens (tertiary/aromatic N) is 3. The van der Waals surface area contributed by atoms with Gasteiger partial charge in [-0.3, -0.25) is 4.68 Å². The molecule has 0 atom stereocenters. The fraction of sp³-hybridized carbons (Fsp3) is 0.333. The SMILES string of the molecule is CCCc1nn(C)c(Nc2cccc(C)c2C#N)c1N. The van der Waals surface area contributed by atoms with Crippen molar-refractivity contribution >= 4 is 17.2 Å². The first-order valence-corrected chi connectivity index (χ1v) is 6.66. The van der Waals surface area contributed by atoms with Crippen molar-refractivity contribution < 1.29 is 0 Å². The first-order chi connectivity index (χ1) is 9.58. The molecule has 0 unspecified atom stereocenters. The van der Waals surface area contributed by atoms with Crippen LogP contribution in [0.4, 0.5) is 17.2 Å². The van der Waals surface area contributed by atoms with Gasteiger partial charge in [-0.25, -0.2) is 0 Å². The predicted octanol–water partition coefficient (Wildman–Crippen LogP) is 2.88. The molecule has 5 heteroatoms. The fourth-order valence-corrected chi connectivity index (χ4v) is 2.21. The summed E-state index contributed by atoms with van der Waals surface area (Å²) in [5.74, 6) is 0.732. The molecular weight excluding hydrogens is 250 g/mol. The lowest BCUT2D eigenvalue weighted by Gasteiger charge is -2.10. The van der Waals surface area contributed by atoms with Crippen LogP contribution in [0.5, 0.6) is 0 Å². The lowest BCUT2D eigenvalue weighted by Crippen LogP contribution is -2.03. The molecule has 104 valence electrons. The van der Waals surface area contributed by atoms with Crippen LogP contribution in [0, 0.1) is 18.3 Å².